The second kappa shape index (κ2) is 11.7. The number of fused-ring (bicyclic) bond motifs is 1. The van der Waals surface area contributed by atoms with Crippen molar-refractivity contribution in [3.05, 3.63) is 52.8 Å². The van der Waals surface area contributed by atoms with Gasteiger partial charge in [0, 0.05) is 17.3 Å². The van der Waals surface area contributed by atoms with Gasteiger partial charge in [0.2, 0.25) is 0 Å². The molecule has 0 amide bonds. The number of hydrogen-bond donors (Lipinski definition) is 3. The first-order chi connectivity index (χ1) is 15.9. The minimum atomic E-state index is -5.08. The molecule has 0 saturated carbocycles. The molecular formula is C21H23F6N3O5. The van der Waals surface area contributed by atoms with E-state index < -0.39 is 24.3 Å². The number of rotatable bonds is 4. The summed E-state index contributed by atoms with van der Waals surface area (Å²) < 4.78 is 69.5. The quantitative estimate of drug-likeness (QED) is 0.423. The van der Waals surface area contributed by atoms with E-state index in [1.165, 1.54) is 16.5 Å². The summed E-state index contributed by atoms with van der Waals surface area (Å²) in [7, 11) is 2.08. The van der Waals surface area contributed by atoms with Crippen LogP contribution in [0.25, 0.3) is 11.0 Å². The van der Waals surface area contributed by atoms with Crippen molar-refractivity contribution in [3.63, 3.8) is 0 Å². The van der Waals surface area contributed by atoms with Gasteiger partial charge in [0.15, 0.2) is 0 Å². The average molecular weight is 511 g/mol. The number of benzene rings is 1. The van der Waals surface area contributed by atoms with Gasteiger partial charge >= 0.3 is 24.3 Å². The number of furan rings is 1. The summed E-state index contributed by atoms with van der Waals surface area (Å²) >= 11 is 0. The lowest BCUT2D eigenvalue weighted by Gasteiger charge is -2.13. The van der Waals surface area contributed by atoms with Crippen molar-refractivity contribution in [1.29, 1.82) is 0 Å². The maximum absolute atomic E-state index is 10.6. The molecule has 0 saturated heterocycles. The van der Waals surface area contributed by atoms with Gasteiger partial charge in [-0.1, -0.05) is 11.6 Å². The van der Waals surface area contributed by atoms with Gasteiger partial charge in [0.05, 0.1) is 13.1 Å². The number of carbonyl (C=O) groups is 2. The molecule has 0 aliphatic rings. The van der Waals surface area contributed by atoms with E-state index in [1.807, 2.05) is 13.1 Å². The van der Waals surface area contributed by atoms with Gasteiger partial charge in [-0.2, -0.15) is 26.3 Å². The number of imidazole rings is 1. The highest BCUT2D eigenvalue weighted by molar-refractivity contribution is 5.82. The van der Waals surface area contributed by atoms with E-state index in [9.17, 15) is 26.3 Å². The molecule has 1 aromatic carbocycles. The second-order valence-corrected chi connectivity index (χ2v) is 7.44. The number of carboxylic acid groups (broad SMARTS) is 2. The molecular weight excluding hydrogens is 488 g/mol. The summed E-state index contributed by atoms with van der Waals surface area (Å²) in [6.45, 7) is 7.81. The van der Waals surface area contributed by atoms with E-state index >= 15 is 0 Å². The number of nitrogens with zero attached hydrogens (tertiary/aromatic N) is 2. The standard InChI is InChI=1S/C17H21N3O.2C2HF3O2/c1-11-5-6-15-14(7-11)13(3)16(21-15)9-20(4)10-17-18-8-12(2)19-17;2*3-2(4,5)1(6)7/h5-8H,9-10H2,1-4H3,(H,18,19);2*(H,6,7). The van der Waals surface area contributed by atoms with Crippen molar-refractivity contribution < 1.29 is 50.6 Å². The van der Waals surface area contributed by atoms with Crippen molar-refractivity contribution >= 4 is 22.9 Å². The molecule has 3 N–H and O–H groups in total. The highest BCUT2D eigenvalue weighted by atomic mass is 19.4. The lowest BCUT2D eigenvalue weighted by molar-refractivity contribution is -0.193. The normalized spacial score (nSPS) is 11.5. The van der Waals surface area contributed by atoms with E-state index in [4.69, 9.17) is 24.2 Å². The third kappa shape index (κ3) is 9.68. The molecule has 0 bridgehead atoms. The number of aryl methyl sites for hydroxylation is 3. The number of aromatic nitrogens is 2. The predicted octanol–water partition coefficient (Wildman–Crippen LogP) is 4.98. The summed E-state index contributed by atoms with van der Waals surface area (Å²) in [5, 5.41) is 15.5. The zero-order valence-electron chi connectivity index (χ0n) is 19.0. The number of H-pyrrole nitrogens is 1. The Hall–Kier alpha value is -3.55. The Bertz CT molecular complexity index is 1130. The Kier molecular flexibility index (Phi) is 9.88. The fourth-order valence-corrected chi connectivity index (χ4v) is 2.64. The second-order valence-electron chi connectivity index (χ2n) is 7.44. The monoisotopic (exact) mass is 511 g/mol. The van der Waals surface area contributed by atoms with E-state index in [-0.39, 0.29) is 0 Å². The Morgan fingerprint density at radius 3 is 1.94 bits per heavy atom. The Balaban J connectivity index is 0.000000362. The first-order valence-electron chi connectivity index (χ1n) is 9.69. The molecule has 0 aliphatic carbocycles. The van der Waals surface area contributed by atoms with Crippen LogP contribution in [0.2, 0.25) is 0 Å². The molecule has 8 nitrogen and oxygen atoms in total. The van der Waals surface area contributed by atoms with Crippen LogP contribution < -0.4 is 0 Å². The Labute approximate surface area is 195 Å². The van der Waals surface area contributed by atoms with Crippen LogP contribution >= 0.6 is 0 Å². The van der Waals surface area contributed by atoms with Crippen LogP contribution in [0.4, 0.5) is 26.3 Å². The highest BCUT2D eigenvalue weighted by Gasteiger charge is 2.38. The molecule has 194 valence electrons. The molecule has 3 rings (SSSR count). The van der Waals surface area contributed by atoms with Gasteiger partial charge in [-0.05, 0) is 45.5 Å². The number of nitrogens with one attached hydrogen (secondary N) is 1. The maximum Gasteiger partial charge on any atom is 0.490 e. The van der Waals surface area contributed by atoms with Crippen molar-refractivity contribution in [2.45, 2.75) is 46.2 Å². The molecule has 2 aromatic heterocycles. The van der Waals surface area contributed by atoms with E-state index in [0.29, 0.717) is 0 Å². The zero-order chi connectivity index (χ0) is 27.1. The number of halogens is 6. The maximum atomic E-state index is 10.6. The third-order valence-electron chi connectivity index (χ3n) is 4.26. The molecule has 14 heteroatoms. The third-order valence-corrected chi connectivity index (χ3v) is 4.26. The molecule has 0 aliphatic heterocycles. The molecule has 0 fully saturated rings. The SMILES string of the molecule is Cc1ccc2oc(CN(C)Cc3ncc(C)[nH]3)c(C)c2c1.O=C(O)C(F)(F)F.O=C(O)C(F)(F)F. The van der Waals surface area contributed by atoms with Gasteiger partial charge in [-0.3, -0.25) is 4.90 Å². The molecule has 0 spiro atoms. The van der Waals surface area contributed by atoms with Crippen LogP contribution in [0, 0.1) is 20.8 Å². The fraction of sp³-hybridized carbons (Fsp3) is 0.381. The predicted molar refractivity (Wildman–Crippen MR) is 112 cm³/mol. The number of carboxylic acids is 2. The number of aromatic amines is 1. The van der Waals surface area contributed by atoms with Crippen molar-refractivity contribution in [2.75, 3.05) is 7.05 Å². The largest absolute Gasteiger partial charge is 0.490 e. The van der Waals surface area contributed by atoms with Crippen LogP contribution in [0.5, 0.6) is 0 Å². The average Bonchev–Trinajstić information content (AvgIpc) is 3.24. The summed E-state index contributed by atoms with van der Waals surface area (Å²) in [4.78, 5) is 27.6. The highest BCUT2D eigenvalue weighted by Crippen LogP contribution is 2.27. The first kappa shape index (κ1) is 29.5. The topological polar surface area (TPSA) is 120 Å². The summed E-state index contributed by atoms with van der Waals surface area (Å²) in [6.07, 6.45) is -8.31. The molecule has 0 radical (unpaired) electrons. The summed E-state index contributed by atoms with van der Waals surface area (Å²) in [6, 6.07) is 6.33. The smallest absolute Gasteiger partial charge is 0.475 e. The fourth-order valence-electron chi connectivity index (χ4n) is 2.64. The van der Waals surface area contributed by atoms with Gasteiger partial charge in [0.25, 0.3) is 0 Å². The Morgan fingerprint density at radius 2 is 1.51 bits per heavy atom. The molecule has 3 aromatic rings. The van der Waals surface area contributed by atoms with Crippen LogP contribution in [0.15, 0.2) is 28.8 Å². The van der Waals surface area contributed by atoms with Gasteiger partial charge < -0.3 is 19.6 Å². The van der Waals surface area contributed by atoms with Crippen LogP contribution in [0.1, 0.15) is 28.4 Å². The summed E-state index contributed by atoms with van der Waals surface area (Å²) in [5.74, 6) is -3.50. The molecule has 35 heavy (non-hydrogen) atoms. The number of alkyl halides is 6. The minimum Gasteiger partial charge on any atom is -0.475 e. The van der Waals surface area contributed by atoms with Crippen LogP contribution in [-0.2, 0) is 22.7 Å². The van der Waals surface area contributed by atoms with Gasteiger partial charge in [-0.25, -0.2) is 14.6 Å². The van der Waals surface area contributed by atoms with Crippen LogP contribution in [-0.4, -0.2) is 56.4 Å². The van der Waals surface area contributed by atoms with E-state index in [2.05, 4.69) is 54.0 Å². The zero-order valence-corrected chi connectivity index (χ0v) is 19.0. The molecule has 0 unspecified atom stereocenters. The number of aliphatic carboxylic acids is 2. The van der Waals surface area contributed by atoms with E-state index in [1.54, 1.807) is 0 Å². The lowest BCUT2D eigenvalue weighted by atomic mass is 10.1. The Morgan fingerprint density at radius 1 is 1.00 bits per heavy atom. The molecule has 0 atom stereocenters. The van der Waals surface area contributed by atoms with E-state index in [0.717, 1.165) is 36.0 Å². The first-order valence-corrected chi connectivity index (χ1v) is 9.69. The van der Waals surface area contributed by atoms with Crippen molar-refractivity contribution in [1.82, 2.24) is 14.9 Å². The van der Waals surface area contributed by atoms with Gasteiger partial charge in [0.1, 0.15) is 17.2 Å². The number of hydrogen-bond acceptors (Lipinski definition) is 5. The molecule has 2 heterocycles. The minimum absolute atomic E-state index is 0.777. The van der Waals surface area contributed by atoms with Gasteiger partial charge in [-0.15, -0.1) is 0 Å². The van der Waals surface area contributed by atoms with Crippen molar-refractivity contribution in [3.8, 4) is 0 Å². The van der Waals surface area contributed by atoms with Crippen molar-refractivity contribution in [2.24, 2.45) is 0 Å². The summed E-state index contributed by atoms with van der Waals surface area (Å²) in [5.41, 5.74) is 4.55. The van der Waals surface area contributed by atoms with Crippen LogP contribution in [0.3, 0.4) is 0 Å². The lowest BCUT2D eigenvalue weighted by Crippen LogP contribution is -2.21.